The van der Waals surface area contributed by atoms with Gasteiger partial charge in [-0.3, -0.25) is 18.7 Å². The van der Waals surface area contributed by atoms with Crippen molar-refractivity contribution in [1.29, 1.82) is 0 Å². The van der Waals surface area contributed by atoms with Crippen molar-refractivity contribution < 1.29 is 9.18 Å². The topological polar surface area (TPSA) is 94.2 Å². The van der Waals surface area contributed by atoms with E-state index < -0.39 is 5.82 Å². The first-order chi connectivity index (χ1) is 22.2. The van der Waals surface area contributed by atoms with Gasteiger partial charge in [-0.05, 0) is 92.0 Å². The SMILES string of the molecule is Cn1c(=O)n(C2CCN(CCCn3nc(-c4ccc(Cl)c(CNC(=O)c5ccc(F)cc5)c4)ccc3=O)CC2)c2cc(Cl)ccc21. The molecular weight excluding hydrogens is 630 g/mol. The molecule has 0 spiro atoms. The van der Waals surface area contributed by atoms with Crippen LogP contribution in [-0.2, 0) is 20.1 Å². The summed E-state index contributed by atoms with van der Waals surface area (Å²) >= 11 is 12.7. The van der Waals surface area contributed by atoms with E-state index in [1.54, 1.807) is 29.8 Å². The van der Waals surface area contributed by atoms with Gasteiger partial charge in [0.15, 0.2) is 0 Å². The molecule has 0 saturated carbocycles. The van der Waals surface area contributed by atoms with Crippen LogP contribution in [0.15, 0.2) is 82.4 Å². The lowest BCUT2D eigenvalue weighted by Gasteiger charge is -2.32. The lowest BCUT2D eigenvalue weighted by atomic mass is 10.0. The maximum absolute atomic E-state index is 13.2. The molecule has 9 nitrogen and oxygen atoms in total. The van der Waals surface area contributed by atoms with E-state index in [9.17, 15) is 18.8 Å². The monoisotopic (exact) mass is 662 g/mol. The number of carbonyl (C=O) groups is 1. The summed E-state index contributed by atoms with van der Waals surface area (Å²) in [4.78, 5) is 40.5. The molecule has 1 aliphatic rings. The maximum Gasteiger partial charge on any atom is 0.329 e. The Balaban J connectivity index is 1.06. The normalized spacial score (nSPS) is 14.2. The molecule has 0 atom stereocenters. The minimum atomic E-state index is -0.413. The number of aryl methyl sites for hydroxylation is 2. The summed E-state index contributed by atoms with van der Waals surface area (Å²) in [5.74, 6) is -0.756. The number of fused-ring (bicyclic) bond motifs is 1. The molecule has 46 heavy (non-hydrogen) atoms. The lowest BCUT2D eigenvalue weighted by Crippen LogP contribution is -2.38. The molecule has 1 amide bonds. The molecule has 2 aromatic heterocycles. The van der Waals surface area contributed by atoms with E-state index in [4.69, 9.17) is 23.2 Å². The second kappa shape index (κ2) is 13.6. The minimum absolute atomic E-state index is 0.0244. The number of benzene rings is 3. The van der Waals surface area contributed by atoms with Gasteiger partial charge >= 0.3 is 5.69 Å². The van der Waals surface area contributed by atoms with Crippen LogP contribution in [0, 0.1) is 5.82 Å². The first-order valence-electron chi connectivity index (χ1n) is 15.2. The summed E-state index contributed by atoms with van der Waals surface area (Å²) in [6.45, 7) is 3.13. The second-order valence-corrected chi connectivity index (χ2v) is 12.4. The number of nitrogens with zero attached hydrogens (tertiary/aromatic N) is 5. The van der Waals surface area contributed by atoms with E-state index in [0.29, 0.717) is 33.4 Å². The third kappa shape index (κ3) is 6.79. The molecule has 0 unspecified atom stereocenters. The molecule has 3 heterocycles. The number of rotatable bonds is 9. The van der Waals surface area contributed by atoms with E-state index in [2.05, 4.69) is 15.3 Å². The Bertz CT molecular complexity index is 2010. The Morgan fingerprint density at radius 3 is 2.46 bits per heavy atom. The van der Waals surface area contributed by atoms with Crippen LogP contribution in [0.2, 0.25) is 10.0 Å². The predicted molar refractivity (Wildman–Crippen MR) is 178 cm³/mol. The summed E-state index contributed by atoms with van der Waals surface area (Å²) in [5.41, 5.74) is 3.94. The number of likely N-dealkylation sites (tertiary alicyclic amines) is 1. The van der Waals surface area contributed by atoms with Crippen molar-refractivity contribution in [3.05, 3.63) is 121 Å². The summed E-state index contributed by atoms with van der Waals surface area (Å²) in [6.07, 6.45) is 2.44. The molecule has 1 N–H and O–H groups in total. The van der Waals surface area contributed by atoms with Crippen LogP contribution in [0.4, 0.5) is 4.39 Å². The first kappa shape index (κ1) is 31.7. The summed E-state index contributed by atoms with van der Waals surface area (Å²) in [5, 5.41) is 8.52. The van der Waals surface area contributed by atoms with Gasteiger partial charge in [-0.1, -0.05) is 29.3 Å². The first-order valence-corrected chi connectivity index (χ1v) is 15.9. The average Bonchev–Trinajstić information content (AvgIpc) is 3.30. The van der Waals surface area contributed by atoms with Crippen LogP contribution < -0.4 is 16.6 Å². The van der Waals surface area contributed by atoms with E-state index in [0.717, 1.165) is 55.5 Å². The van der Waals surface area contributed by atoms with Crippen molar-refractivity contribution in [2.45, 2.75) is 38.4 Å². The number of nitrogens with one attached hydrogen (secondary N) is 1. The molecular formula is C34H33Cl2FN6O3. The number of hydrogen-bond acceptors (Lipinski definition) is 5. The van der Waals surface area contributed by atoms with Crippen molar-refractivity contribution >= 4 is 40.1 Å². The van der Waals surface area contributed by atoms with Gasteiger partial charge in [0.25, 0.3) is 11.5 Å². The fourth-order valence-corrected chi connectivity index (χ4v) is 6.40. The third-order valence-corrected chi connectivity index (χ3v) is 9.18. The fraction of sp³-hybridized carbons (Fsp3) is 0.294. The number of aromatic nitrogens is 4. The quantitative estimate of drug-likeness (QED) is 0.220. The highest BCUT2D eigenvalue weighted by Crippen LogP contribution is 2.28. The van der Waals surface area contributed by atoms with Gasteiger partial charge in [-0.2, -0.15) is 5.10 Å². The Morgan fingerprint density at radius 2 is 1.70 bits per heavy atom. The number of hydrogen-bond donors (Lipinski definition) is 1. The Labute approximate surface area is 274 Å². The zero-order valence-electron chi connectivity index (χ0n) is 25.3. The van der Waals surface area contributed by atoms with Gasteiger partial charge in [0.1, 0.15) is 5.82 Å². The highest BCUT2D eigenvalue weighted by molar-refractivity contribution is 6.31. The van der Waals surface area contributed by atoms with E-state index in [1.165, 1.54) is 35.0 Å². The molecule has 1 fully saturated rings. The zero-order chi connectivity index (χ0) is 32.4. The Kier molecular flexibility index (Phi) is 9.39. The van der Waals surface area contributed by atoms with E-state index in [-0.39, 0.29) is 29.7 Å². The highest BCUT2D eigenvalue weighted by Gasteiger charge is 2.24. The molecule has 1 aliphatic heterocycles. The van der Waals surface area contributed by atoms with Crippen molar-refractivity contribution in [3.8, 4) is 11.3 Å². The van der Waals surface area contributed by atoms with Crippen LogP contribution in [0.1, 0.15) is 41.2 Å². The fourth-order valence-electron chi connectivity index (χ4n) is 6.05. The Morgan fingerprint density at radius 1 is 0.935 bits per heavy atom. The number of imidazole rings is 1. The number of carbonyl (C=O) groups excluding carboxylic acids is 1. The van der Waals surface area contributed by atoms with Gasteiger partial charge in [0.05, 0.1) is 16.7 Å². The van der Waals surface area contributed by atoms with E-state index in [1.807, 2.05) is 28.8 Å². The molecule has 238 valence electrons. The maximum atomic E-state index is 13.2. The van der Waals surface area contributed by atoms with Crippen LogP contribution in [0.25, 0.3) is 22.3 Å². The zero-order valence-corrected chi connectivity index (χ0v) is 26.8. The van der Waals surface area contributed by atoms with Crippen LogP contribution >= 0.6 is 23.2 Å². The molecule has 5 aromatic rings. The molecule has 0 bridgehead atoms. The van der Waals surface area contributed by atoms with Gasteiger partial charge in [-0.25, -0.2) is 13.9 Å². The van der Waals surface area contributed by atoms with Gasteiger partial charge < -0.3 is 10.2 Å². The number of halogens is 3. The highest BCUT2D eigenvalue weighted by atomic mass is 35.5. The van der Waals surface area contributed by atoms with Crippen molar-refractivity contribution in [3.63, 3.8) is 0 Å². The molecule has 3 aromatic carbocycles. The summed E-state index contributed by atoms with van der Waals surface area (Å²) in [6, 6.07) is 19.5. The van der Waals surface area contributed by atoms with Gasteiger partial charge in [0, 0.05) is 66.5 Å². The smallest absolute Gasteiger partial charge is 0.329 e. The molecule has 12 heteroatoms. The summed E-state index contributed by atoms with van der Waals surface area (Å²) < 4.78 is 18.2. The molecule has 6 rings (SSSR count). The third-order valence-electron chi connectivity index (χ3n) is 8.57. The predicted octanol–water partition coefficient (Wildman–Crippen LogP) is 5.67. The average molecular weight is 664 g/mol. The lowest BCUT2D eigenvalue weighted by molar-refractivity contribution is 0.0951. The van der Waals surface area contributed by atoms with Crippen molar-refractivity contribution in [1.82, 2.24) is 29.1 Å². The number of piperidine rings is 1. The minimum Gasteiger partial charge on any atom is -0.348 e. The van der Waals surface area contributed by atoms with Crippen LogP contribution in [-0.4, -0.2) is 49.4 Å². The molecule has 1 saturated heterocycles. The van der Waals surface area contributed by atoms with E-state index >= 15 is 0 Å². The molecule has 0 radical (unpaired) electrons. The summed E-state index contributed by atoms with van der Waals surface area (Å²) in [7, 11) is 1.79. The van der Waals surface area contributed by atoms with Gasteiger partial charge in [0.2, 0.25) is 0 Å². The van der Waals surface area contributed by atoms with Crippen molar-refractivity contribution in [2.24, 2.45) is 7.05 Å². The standard InChI is InChI=1S/C34H33Cl2FN6O3/c1-40-30-11-6-25(35)20-31(30)43(34(40)46)27-13-17-41(18-14-27)15-2-16-42-32(44)12-10-29(39-42)23-5-9-28(36)24(19-23)21-38-33(45)22-3-7-26(37)8-4-22/h3-12,19-20,27H,2,13-18,21H2,1H3,(H,38,45). The molecule has 0 aliphatic carbocycles. The number of amides is 1. The van der Waals surface area contributed by atoms with Crippen LogP contribution in [0.5, 0.6) is 0 Å². The largest absolute Gasteiger partial charge is 0.348 e. The Hall–Kier alpha value is -4.25. The van der Waals surface area contributed by atoms with Crippen molar-refractivity contribution in [2.75, 3.05) is 19.6 Å². The van der Waals surface area contributed by atoms with Crippen LogP contribution in [0.3, 0.4) is 0 Å². The van der Waals surface area contributed by atoms with Gasteiger partial charge in [-0.15, -0.1) is 0 Å². The second-order valence-electron chi connectivity index (χ2n) is 11.5.